The van der Waals surface area contributed by atoms with Crippen molar-refractivity contribution in [2.24, 2.45) is 5.73 Å². The zero-order valence-corrected chi connectivity index (χ0v) is 35.5. The quantitative estimate of drug-likeness (QED) is 0.117. The van der Waals surface area contributed by atoms with Crippen LogP contribution in [0.4, 0.5) is 0 Å². The van der Waals surface area contributed by atoms with Crippen LogP contribution in [-0.2, 0) is 24.2 Å². The SMILES string of the molecule is Cc1oc(-c2ccccc2)nc1COc1ccc([C@H](C)N)cc1.Cc1oc(-c2ccccc2)nc1COc1ccc([C@H](C)N[S@](=O)C(C)C)cc1.Cl.O.S.S. The summed E-state index contributed by atoms with van der Waals surface area (Å²) in [4.78, 5) is 9.08. The zero-order chi connectivity index (χ0) is 36.3. The molecule has 0 aliphatic carbocycles. The molecule has 298 valence electrons. The van der Waals surface area contributed by atoms with E-state index in [-0.39, 0.29) is 62.2 Å². The number of aromatic nitrogens is 2. The van der Waals surface area contributed by atoms with E-state index in [0.717, 1.165) is 56.7 Å². The van der Waals surface area contributed by atoms with Gasteiger partial charge in [0.2, 0.25) is 11.8 Å². The van der Waals surface area contributed by atoms with Gasteiger partial charge >= 0.3 is 0 Å². The molecular weight excluding hydrogens is 776 g/mol. The molecule has 0 spiro atoms. The molecule has 6 rings (SSSR count). The summed E-state index contributed by atoms with van der Waals surface area (Å²) in [5.74, 6) is 4.29. The first kappa shape index (κ1) is 48.9. The molecule has 55 heavy (non-hydrogen) atoms. The van der Waals surface area contributed by atoms with E-state index in [4.69, 9.17) is 24.0 Å². The van der Waals surface area contributed by atoms with E-state index >= 15 is 0 Å². The topological polar surface area (TPSA) is 157 Å². The molecule has 0 radical (unpaired) electrons. The zero-order valence-electron chi connectivity index (χ0n) is 31.9. The van der Waals surface area contributed by atoms with Gasteiger partial charge in [0, 0.05) is 28.5 Å². The molecule has 0 bridgehead atoms. The van der Waals surface area contributed by atoms with E-state index in [0.29, 0.717) is 25.0 Å². The number of oxazole rings is 2. The molecule has 5 N–H and O–H groups in total. The summed E-state index contributed by atoms with van der Waals surface area (Å²) in [6.07, 6.45) is 0. The standard InChI is InChI=1S/C22H26N2O3S.C19H20N2O2.ClH.H2O.2H2S/c1-15(2)28(25)24-16(3)18-10-12-20(13-11-18)26-14-21-17(4)27-22(23-21)19-8-6-5-7-9-19;1-13(20)15-8-10-17(11-9-15)22-12-18-14(2)23-19(21-18)16-6-4-3-5-7-16;;;;/h5-13,15-16,24H,14H2,1-4H3;3-11,13H,12,20H2,1-2H3;1H;3*1H2/t16-,28+;13-;;;;/m00..../s1. The Balaban J connectivity index is 0.000000520. The first-order valence-corrected chi connectivity index (χ1v) is 18.2. The second kappa shape index (κ2) is 23.8. The predicted octanol–water partition coefficient (Wildman–Crippen LogP) is 9.02. The van der Waals surface area contributed by atoms with Crippen LogP contribution in [0.25, 0.3) is 22.9 Å². The third-order valence-electron chi connectivity index (χ3n) is 8.08. The van der Waals surface area contributed by atoms with Gasteiger partial charge in [0.05, 0.1) is 11.0 Å². The van der Waals surface area contributed by atoms with Gasteiger partial charge in [-0.25, -0.2) is 18.9 Å². The van der Waals surface area contributed by atoms with Crippen LogP contribution in [0, 0.1) is 13.8 Å². The molecule has 0 saturated heterocycles. The predicted molar refractivity (Wildman–Crippen MR) is 234 cm³/mol. The lowest BCUT2D eigenvalue weighted by molar-refractivity contribution is 0.299. The number of hydrogen-bond acceptors (Lipinski definition) is 8. The number of nitrogens with one attached hydrogen (secondary N) is 1. The highest BCUT2D eigenvalue weighted by Crippen LogP contribution is 2.25. The molecule has 10 nitrogen and oxygen atoms in total. The van der Waals surface area contributed by atoms with E-state index in [1.807, 2.05) is 151 Å². The molecule has 0 unspecified atom stereocenters. The number of rotatable bonds is 13. The molecular formula is C41H53ClN4O6S3. The lowest BCUT2D eigenvalue weighted by Crippen LogP contribution is -2.26. The van der Waals surface area contributed by atoms with Crippen molar-refractivity contribution < 1.29 is 28.0 Å². The Morgan fingerprint density at radius 1 is 0.655 bits per heavy atom. The molecule has 0 amide bonds. The van der Waals surface area contributed by atoms with Crippen molar-refractivity contribution in [3.8, 4) is 34.4 Å². The lowest BCUT2D eigenvalue weighted by atomic mass is 10.1. The minimum absolute atomic E-state index is 0. The third kappa shape index (κ3) is 14.2. The van der Waals surface area contributed by atoms with Crippen LogP contribution in [0.5, 0.6) is 11.5 Å². The van der Waals surface area contributed by atoms with Gasteiger partial charge < -0.3 is 29.5 Å². The number of nitrogens with two attached hydrogens (primary N) is 1. The number of halogens is 1. The summed E-state index contributed by atoms with van der Waals surface area (Å²) in [7, 11) is -1.05. The highest BCUT2D eigenvalue weighted by atomic mass is 35.5. The van der Waals surface area contributed by atoms with Gasteiger partial charge in [0.1, 0.15) is 47.6 Å². The van der Waals surface area contributed by atoms with E-state index < -0.39 is 11.0 Å². The fourth-order valence-electron chi connectivity index (χ4n) is 4.93. The molecule has 0 fully saturated rings. The fraction of sp³-hybridized carbons (Fsp3) is 0.268. The van der Waals surface area contributed by atoms with Crippen LogP contribution in [-0.4, -0.2) is 24.9 Å². The molecule has 14 heteroatoms. The van der Waals surface area contributed by atoms with E-state index in [2.05, 4.69) is 14.7 Å². The van der Waals surface area contributed by atoms with Crippen molar-refractivity contribution in [3.63, 3.8) is 0 Å². The minimum atomic E-state index is -1.05. The van der Waals surface area contributed by atoms with Gasteiger partial charge in [-0.1, -0.05) is 60.7 Å². The first-order chi connectivity index (χ1) is 24.6. The average Bonchev–Trinajstić information content (AvgIpc) is 3.72. The van der Waals surface area contributed by atoms with Crippen molar-refractivity contribution in [1.82, 2.24) is 14.7 Å². The van der Waals surface area contributed by atoms with Crippen LogP contribution < -0.4 is 19.9 Å². The van der Waals surface area contributed by atoms with Gasteiger partial charge in [-0.15, -0.1) is 12.4 Å². The Kier molecular flexibility index (Phi) is 21.1. The van der Waals surface area contributed by atoms with Gasteiger partial charge in [0.25, 0.3) is 0 Å². The smallest absolute Gasteiger partial charge is 0.226 e. The van der Waals surface area contributed by atoms with E-state index in [1.165, 1.54) is 0 Å². The van der Waals surface area contributed by atoms with Gasteiger partial charge in [-0.3, -0.25) is 0 Å². The molecule has 2 aromatic heterocycles. The van der Waals surface area contributed by atoms with Gasteiger partial charge in [-0.2, -0.15) is 27.0 Å². The third-order valence-corrected chi connectivity index (χ3v) is 9.53. The molecule has 0 aliphatic heterocycles. The second-order valence-corrected chi connectivity index (χ2v) is 14.2. The van der Waals surface area contributed by atoms with Gasteiger partial charge in [0.15, 0.2) is 0 Å². The maximum Gasteiger partial charge on any atom is 0.226 e. The number of nitrogens with zero attached hydrogens (tertiary/aromatic N) is 2. The normalized spacial score (nSPS) is 11.9. The number of benzene rings is 4. The Labute approximate surface area is 346 Å². The van der Waals surface area contributed by atoms with Crippen LogP contribution in [0.1, 0.15) is 73.8 Å². The summed E-state index contributed by atoms with van der Waals surface area (Å²) in [5.41, 5.74) is 11.5. The first-order valence-electron chi connectivity index (χ1n) is 17.0. The van der Waals surface area contributed by atoms with Crippen LogP contribution in [0.15, 0.2) is 118 Å². The number of aryl methyl sites for hydroxylation is 2. The van der Waals surface area contributed by atoms with Crippen LogP contribution in [0.2, 0.25) is 0 Å². The summed E-state index contributed by atoms with van der Waals surface area (Å²) in [6.45, 7) is 12.3. The molecule has 0 saturated carbocycles. The highest BCUT2D eigenvalue weighted by molar-refractivity contribution is 7.83. The molecule has 3 atom stereocenters. The number of hydrogen-bond donors (Lipinski definition) is 2. The lowest BCUT2D eigenvalue weighted by Gasteiger charge is -2.16. The average molecular weight is 830 g/mol. The Morgan fingerprint density at radius 3 is 1.40 bits per heavy atom. The van der Waals surface area contributed by atoms with Crippen LogP contribution in [0.3, 0.4) is 0 Å². The summed E-state index contributed by atoms with van der Waals surface area (Å²) >= 11 is 0. The Hall–Kier alpha value is -4.08. The van der Waals surface area contributed by atoms with Crippen molar-refractivity contribution in [2.45, 2.75) is 72.1 Å². The molecule has 2 heterocycles. The summed E-state index contributed by atoms with van der Waals surface area (Å²) < 4.78 is 38.2. The monoisotopic (exact) mass is 828 g/mol. The van der Waals surface area contributed by atoms with Gasteiger partial charge in [-0.05, 0) is 101 Å². The maximum atomic E-state index is 11.9. The van der Waals surface area contributed by atoms with E-state index in [1.54, 1.807) is 0 Å². The Morgan fingerprint density at radius 2 is 1.04 bits per heavy atom. The molecule has 4 aromatic carbocycles. The van der Waals surface area contributed by atoms with Crippen molar-refractivity contribution in [1.29, 1.82) is 0 Å². The van der Waals surface area contributed by atoms with E-state index in [9.17, 15) is 4.21 Å². The minimum Gasteiger partial charge on any atom is -0.487 e. The highest BCUT2D eigenvalue weighted by Gasteiger charge is 2.15. The van der Waals surface area contributed by atoms with Crippen molar-refractivity contribution in [2.75, 3.05) is 0 Å². The maximum absolute atomic E-state index is 11.9. The molecule has 6 aromatic rings. The van der Waals surface area contributed by atoms with Crippen LogP contribution >= 0.6 is 39.4 Å². The largest absolute Gasteiger partial charge is 0.487 e. The number of ether oxygens (including phenoxy) is 2. The second-order valence-electron chi connectivity index (χ2n) is 12.5. The van der Waals surface area contributed by atoms with Crippen molar-refractivity contribution in [3.05, 3.63) is 143 Å². The molecule has 0 aliphatic rings. The van der Waals surface area contributed by atoms with Crippen molar-refractivity contribution >= 4 is 50.4 Å². The summed E-state index contributed by atoms with van der Waals surface area (Å²) in [6, 6.07) is 35.3. The Bertz CT molecular complexity index is 1990. The summed E-state index contributed by atoms with van der Waals surface area (Å²) in [5, 5.41) is 0.0801. The fourth-order valence-corrected chi connectivity index (χ4v) is 5.69.